The number of rotatable bonds is 2. The molecule has 0 bridgehead atoms. The molecule has 0 spiro atoms. The minimum atomic E-state index is -1.03. The fraction of sp³-hybridized carbons (Fsp3) is 0.611. The third-order valence-corrected chi connectivity index (χ3v) is 5.65. The zero-order chi connectivity index (χ0) is 18.3. The van der Waals surface area contributed by atoms with Crippen molar-refractivity contribution in [3.8, 4) is 0 Å². The van der Waals surface area contributed by atoms with Crippen molar-refractivity contribution < 1.29 is 23.8 Å². The highest BCUT2D eigenvalue weighted by atomic mass is 19.2. The van der Waals surface area contributed by atoms with Gasteiger partial charge in [-0.1, -0.05) is 26.8 Å². The highest BCUT2D eigenvalue weighted by molar-refractivity contribution is 5.66. The SMILES string of the molecule is CC(C)(C)[C@]1(C)C[C@H](c2ccc(F)c(F)c2)[C@@H](CO)CN1C(=O)O. The number of halogens is 2. The second kappa shape index (κ2) is 6.31. The number of nitrogens with zero attached hydrogens (tertiary/aromatic N) is 1. The molecule has 0 radical (unpaired) electrons. The largest absolute Gasteiger partial charge is 0.465 e. The van der Waals surface area contributed by atoms with Gasteiger partial charge in [-0.05, 0) is 42.4 Å². The minimum Gasteiger partial charge on any atom is -0.465 e. The number of benzene rings is 1. The van der Waals surface area contributed by atoms with Gasteiger partial charge in [0.2, 0.25) is 0 Å². The predicted molar refractivity (Wildman–Crippen MR) is 86.9 cm³/mol. The number of carbonyl (C=O) groups is 1. The van der Waals surface area contributed by atoms with Crippen molar-refractivity contribution >= 4 is 6.09 Å². The molecule has 1 heterocycles. The van der Waals surface area contributed by atoms with Gasteiger partial charge >= 0.3 is 6.09 Å². The molecule has 0 unspecified atom stereocenters. The van der Waals surface area contributed by atoms with E-state index in [1.165, 1.54) is 11.0 Å². The molecular weight excluding hydrogens is 316 g/mol. The number of hydrogen-bond donors (Lipinski definition) is 2. The number of amides is 1. The summed E-state index contributed by atoms with van der Waals surface area (Å²) in [6, 6.07) is 3.75. The van der Waals surface area contributed by atoms with E-state index in [-0.39, 0.29) is 30.4 Å². The number of carboxylic acid groups (broad SMARTS) is 1. The van der Waals surface area contributed by atoms with Crippen molar-refractivity contribution in [2.24, 2.45) is 11.3 Å². The molecule has 0 aliphatic carbocycles. The molecule has 1 amide bonds. The van der Waals surface area contributed by atoms with Crippen LogP contribution in [0.1, 0.15) is 45.6 Å². The van der Waals surface area contributed by atoms with E-state index in [9.17, 15) is 23.8 Å². The van der Waals surface area contributed by atoms with Crippen molar-refractivity contribution in [1.29, 1.82) is 0 Å². The van der Waals surface area contributed by atoms with Crippen LogP contribution in [0, 0.1) is 23.0 Å². The highest BCUT2D eigenvalue weighted by Gasteiger charge is 2.51. The zero-order valence-corrected chi connectivity index (χ0v) is 14.5. The van der Waals surface area contributed by atoms with Gasteiger partial charge in [0.1, 0.15) is 0 Å². The molecule has 1 aromatic rings. The first-order valence-corrected chi connectivity index (χ1v) is 8.07. The lowest BCUT2D eigenvalue weighted by atomic mass is 9.63. The summed E-state index contributed by atoms with van der Waals surface area (Å²) in [7, 11) is 0. The highest BCUT2D eigenvalue weighted by Crippen LogP contribution is 2.49. The van der Waals surface area contributed by atoms with Gasteiger partial charge in [-0.15, -0.1) is 0 Å². The number of aliphatic hydroxyl groups is 1. The number of aliphatic hydroxyl groups excluding tert-OH is 1. The van der Waals surface area contributed by atoms with Crippen molar-refractivity contribution in [2.45, 2.75) is 45.6 Å². The van der Waals surface area contributed by atoms with Crippen LogP contribution in [0.4, 0.5) is 13.6 Å². The van der Waals surface area contributed by atoms with Gasteiger partial charge in [-0.3, -0.25) is 0 Å². The lowest BCUT2D eigenvalue weighted by molar-refractivity contribution is -0.0464. The van der Waals surface area contributed by atoms with Crippen LogP contribution in [0.15, 0.2) is 18.2 Å². The summed E-state index contributed by atoms with van der Waals surface area (Å²) in [5, 5.41) is 19.4. The van der Waals surface area contributed by atoms with Gasteiger partial charge in [0.25, 0.3) is 0 Å². The standard InChI is InChI=1S/C18H25F2NO3/c1-17(2,3)18(4)8-13(11-5-6-14(19)15(20)7-11)12(10-22)9-21(18)16(23)24/h5-7,12-13,22H,8-10H2,1-4H3,(H,23,24)/t12-,13-,18+/m1/s1. The number of hydrogen-bond acceptors (Lipinski definition) is 2. The first-order chi connectivity index (χ1) is 11.0. The van der Waals surface area contributed by atoms with Crippen LogP contribution in [0.25, 0.3) is 0 Å². The van der Waals surface area contributed by atoms with Crippen molar-refractivity contribution in [1.82, 2.24) is 4.90 Å². The monoisotopic (exact) mass is 341 g/mol. The van der Waals surface area contributed by atoms with Gasteiger partial charge in [0.05, 0.1) is 0 Å². The van der Waals surface area contributed by atoms with E-state index in [2.05, 4.69) is 0 Å². The number of piperidine rings is 1. The number of likely N-dealkylation sites (tertiary alicyclic amines) is 1. The van der Waals surface area contributed by atoms with Crippen LogP contribution in [0.5, 0.6) is 0 Å². The van der Waals surface area contributed by atoms with Crippen molar-refractivity contribution in [3.63, 3.8) is 0 Å². The lowest BCUT2D eigenvalue weighted by Gasteiger charge is -2.55. The maximum Gasteiger partial charge on any atom is 0.407 e. The fourth-order valence-corrected chi connectivity index (χ4v) is 3.59. The fourth-order valence-electron chi connectivity index (χ4n) is 3.59. The molecule has 1 aliphatic rings. The summed E-state index contributed by atoms with van der Waals surface area (Å²) < 4.78 is 26.9. The summed E-state index contributed by atoms with van der Waals surface area (Å²) >= 11 is 0. The van der Waals surface area contributed by atoms with E-state index >= 15 is 0 Å². The zero-order valence-electron chi connectivity index (χ0n) is 14.5. The minimum absolute atomic E-state index is 0.156. The van der Waals surface area contributed by atoms with Crippen molar-refractivity contribution in [3.05, 3.63) is 35.4 Å². The predicted octanol–water partition coefficient (Wildman–Crippen LogP) is 3.85. The van der Waals surface area contributed by atoms with Gasteiger partial charge in [-0.2, -0.15) is 0 Å². The quantitative estimate of drug-likeness (QED) is 0.859. The van der Waals surface area contributed by atoms with Crippen LogP contribution in [0.3, 0.4) is 0 Å². The van der Waals surface area contributed by atoms with Crippen molar-refractivity contribution in [2.75, 3.05) is 13.2 Å². The molecule has 3 atom stereocenters. The van der Waals surface area contributed by atoms with Gasteiger partial charge in [0.15, 0.2) is 11.6 Å². The van der Waals surface area contributed by atoms with E-state index in [0.717, 1.165) is 12.1 Å². The van der Waals surface area contributed by atoms with Crippen LogP contribution < -0.4 is 0 Å². The Hall–Kier alpha value is -1.69. The second-order valence-electron chi connectivity index (χ2n) is 7.84. The Morgan fingerprint density at radius 3 is 2.42 bits per heavy atom. The van der Waals surface area contributed by atoms with Crippen LogP contribution in [-0.4, -0.2) is 39.9 Å². The molecule has 1 fully saturated rings. The molecule has 2 N–H and O–H groups in total. The Kier molecular flexibility index (Phi) is 4.91. The molecule has 1 aliphatic heterocycles. The molecule has 6 heteroatoms. The average Bonchev–Trinajstić information content (AvgIpc) is 2.48. The van der Waals surface area contributed by atoms with Gasteiger partial charge in [0, 0.05) is 24.6 Å². The summed E-state index contributed by atoms with van der Waals surface area (Å²) in [4.78, 5) is 13.1. The first-order valence-electron chi connectivity index (χ1n) is 8.07. The molecule has 134 valence electrons. The molecule has 0 saturated carbocycles. The third-order valence-electron chi connectivity index (χ3n) is 5.65. The van der Waals surface area contributed by atoms with E-state index in [4.69, 9.17) is 0 Å². The Morgan fingerprint density at radius 1 is 1.33 bits per heavy atom. The molecule has 4 nitrogen and oxygen atoms in total. The Balaban J connectivity index is 2.48. The average molecular weight is 341 g/mol. The summed E-state index contributed by atoms with van der Waals surface area (Å²) in [6.45, 7) is 7.71. The summed E-state index contributed by atoms with van der Waals surface area (Å²) in [5.74, 6) is -2.45. The molecule has 0 aromatic heterocycles. The molecular formula is C18H25F2NO3. The van der Waals surface area contributed by atoms with Crippen LogP contribution in [0.2, 0.25) is 0 Å². The molecule has 24 heavy (non-hydrogen) atoms. The lowest BCUT2D eigenvalue weighted by Crippen LogP contribution is -2.63. The second-order valence-corrected chi connectivity index (χ2v) is 7.84. The summed E-state index contributed by atoms with van der Waals surface area (Å²) in [6.07, 6.45) is -0.603. The van der Waals surface area contributed by atoms with Crippen LogP contribution in [-0.2, 0) is 0 Å². The summed E-state index contributed by atoms with van der Waals surface area (Å²) in [5.41, 5.74) is -0.462. The van der Waals surface area contributed by atoms with E-state index < -0.39 is 23.3 Å². The van der Waals surface area contributed by atoms with Gasteiger partial charge in [-0.25, -0.2) is 13.6 Å². The topological polar surface area (TPSA) is 60.8 Å². The maximum absolute atomic E-state index is 13.7. The molecule has 1 saturated heterocycles. The Bertz CT molecular complexity index is 629. The van der Waals surface area contributed by atoms with E-state index in [0.29, 0.717) is 12.0 Å². The smallest absolute Gasteiger partial charge is 0.407 e. The van der Waals surface area contributed by atoms with Crippen LogP contribution >= 0.6 is 0 Å². The van der Waals surface area contributed by atoms with E-state index in [1.807, 2.05) is 27.7 Å². The van der Waals surface area contributed by atoms with Gasteiger partial charge < -0.3 is 15.1 Å². The van der Waals surface area contributed by atoms with E-state index in [1.54, 1.807) is 0 Å². The Morgan fingerprint density at radius 2 is 1.96 bits per heavy atom. The normalized spacial score (nSPS) is 28.0. The molecule has 2 rings (SSSR count). The first kappa shape index (κ1) is 18.6. The Labute approximate surface area is 141 Å². The molecule has 1 aromatic carbocycles. The maximum atomic E-state index is 13.7. The third kappa shape index (κ3) is 3.11.